The Morgan fingerprint density at radius 2 is 2.20 bits per heavy atom. The molecule has 0 aromatic rings. The molecule has 1 amide bonds. The van der Waals surface area contributed by atoms with E-state index in [0.29, 0.717) is 11.8 Å². The molecule has 2 nitrogen and oxygen atoms in total. The maximum absolute atomic E-state index is 11.1. The minimum Gasteiger partial charge on any atom is -0.356 e. The lowest BCUT2D eigenvalue weighted by Crippen LogP contribution is -2.23. The molecular weight excluding hydrogens is 126 g/mol. The molecule has 0 spiro atoms. The molecular formula is C8H15NO. The van der Waals surface area contributed by atoms with Crippen LogP contribution >= 0.6 is 0 Å². The van der Waals surface area contributed by atoms with Gasteiger partial charge in [-0.1, -0.05) is 20.8 Å². The van der Waals surface area contributed by atoms with E-state index in [2.05, 4.69) is 26.1 Å². The number of rotatable bonds is 1. The van der Waals surface area contributed by atoms with E-state index in [-0.39, 0.29) is 11.8 Å². The van der Waals surface area contributed by atoms with Crippen LogP contribution in [-0.4, -0.2) is 12.5 Å². The van der Waals surface area contributed by atoms with E-state index in [0.717, 1.165) is 6.54 Å². The first-order valence-corrected chi connectivity index (χ1v) is 3.90. The molecule has 0 aromatic carbocycles. The Kier molecular flexibility index (Phi) is 1.97. The van der Waals surface area contributed by atoms with Crippen molar-refractivity contribution in [3.8, 4) is 0 Å². The lowest BCUT2D eigenvalue weighted by molar-refractivity contribution is -0.124. The van der Waals surface area contributed by atoms with E-state index in [1.165, 1.54) is 0 Å². The molecule has 2 unspecified atom stereocenters. The van der Waals surface area contributed by atoms with Crippen molar-refractivity contribution in [2.75, 3.05) is 6.54 Å². The van der Waals surface area contributed by atoms with E-state index in [1.807, 2.05) is 0 Å². The number of carbonyl (C=O) groups excluding carboxylic acids is 1. The van der Waals surface area contributed by atoms with Crippen LogP contribution in [0, 0.1) is 17.8 Å². The fourth-order valence-corrected chi connectivity index (χ4v) is 1.72. The predicted molar refractivity (Wildman–Crippen MR) is 40.5 cm³/mol. The highest BCUT2D eigenvalue weighted by molar-refractivity contribution is 5.81. The fraction of sp³-hybridized carbons (Fsp3) is 0.875. The van der Waals surface area contributed by atoms with Crippen LogP contribution in [0.3, 0.4) is 0 Å². The summed E-state index contributed by atoms with van der Waals surface area (Å²) in [5.41, 5.74) is 0. The van der Waals surface area contributed by atoms with E-state index in [4.69, 9.17) is 0 Å². The molecule has 1 aliphatic rings. The SMILES string of the molecule is CC(C)C1C(=O)NCC1C. The van der Waals surface area contributed by atoms with Crippen molar-refractivity contribution in [2.24, 2.45) is 17.8 Å². The van der Waals surface area contributed by atoms with Gasteiger partial charge >= 0.3 is 0 Å². The summed E-state index contributed by atoms with van der Waals surface area (Å²) in [6, 6.07) is 0. The molecule has 1 saturated heterocycles. The molecule has 1 fully saturated rings. The topological polar surface area (TPSA) is 29.1 Å². The minimum absolute atomic E-state index is 0.238. The largest absolute Gasteiger partial charge is 0.356 e. The molecule has 1 heterocycles. The van der Waals surface area contributed by atoms with Crippen LogP contribution in [0.5, 0.6) is 0 Å². The highest BCUT2D eigenvalue weighted by Crippen LogP contribution is 2.24. The van der Waals surface area contributed by atoms with Gasteiger partial charge in [-0.15, -0.1) is 0 Å². The van der Waals surface area contributed by atoms with Gasteiger partial charge in [-0.2, -0.15) is 0 Å². The molecule has 0 radical (unpaired) electrons. The van der Waals surface area contributed by atoms with E-state index in [1.54, 1.807) is 0 Å². The van der Waals surface area contributed by atoms with Crippen molar-refractivity contribution >= 4 is 5.91 Å². The Bertz CT molecular complexity index is 142. The monoisotopic (exact) mass is 141 g/mol. The third-order valence-electron chi connectivity index (χ3n) is 2.23. The van der Waals surface area contributed by atoms with Crippen LogP contribution in [0.1, 0.15) is 20.8 Å². The maximum Gasteiger partial charge on any atom is 0.223 e. The Hall–Kier alpha value is -0.530. The lowest BCUT2D eigenvalue weighted by Gasteiger charge is -2.15. The van der Waals surface area contributed by atoms with E-state index >= 15 is 0 Å². The first-order valence-electron chi connectivity index (χ1n) is 3.90. The van der Waals surface area contributed by atoms with Gasteiger partial charge in [0.15, 0.2) is 0 Å². The van der Waals surface area contributed by atoms with Gasteiger partial charge in [-0.25, -0.2) is 0 Å². The molecule has 1 aliphatic heterocycles. The third-order valence-corrected chi connectivity index (χ3v) is 2.23. The van der Waals surface area contributed by atoms with Gasteiger partial charge in [-0.05, 0) is 11.8 Å². The summed E-state index contributed by atoms with van der Waals surface area (Å²) in [4.78, 5) is 11.1. The molecule has 10 heavy (non-hydrogen) atoms. The number of hydrogen-bond acceptors (Lipinski definition) is 1. The van der Waals surface area contributed by atoms with Gasteiger partial charge in [0.2, 0.25) is 5.91 Å². The summed E-state index contributed by atoms with van der Waals surface area (Å²) >= 11 is 0. The summed E-state index contributed by atoms with van der Waals surface area (Å²) in [7, 11) is 0. The zero-order valence-electron chi connectivity index (χ0n) is 6.85. The van der Waals surface area contributed by atoms with Crippen molar-refractivity contribution in [2.45, 2.75) is 20.8 Å². The van der Waals surface area contributed by atoms with E-state index < -0.39 is 0 Å². The molecule has 58 valence electrons. The summed E-state index contributed by atoms with van der Waals surface area (Å²) in [6.07, 6.45) is 0. The van der Waals surface area contributed by atoms with Crippen LogP contribution < -0.4 is 5.32 Å². The van der Waals surface area contributed by atoms with Crippen LogP contribution in [0.4, 0.5) is 0 Å². The van der Waals surface area contributed by atoms with Crippen LogP contribution in [0.15, 0.2) is 0 Å². The number of hydrogen-bond donors (Lipinski definition) is 1. The highest BCUT2D eigenvalue weighted by Gasteiger charge is 2.33. The molecule has 0 bridgehead atoms. The van der Waals surface area contributed by atoms with E-state index in [9.17, 15) is 4.79 Å². The van der Waals surface area contributed by atoms with Gasteiger partial charge < -0.3 is 5.32 Å². The van der Waals surface area contributed by atoms with Crippen LogP contribution in [0.2, 0.25) is 0 Å². The average Bonchev–Trinajstić information content (AvgIpc) is 2.11. The van der Waals surface area contributed by atoms with Crippen molar-refractivity contribution in [1.82, 2.24) is 5.32 Å². The highest BCUT2D eigenvalue weighted by atomic mass is 16.2. The minimum atomic E-state index is 0.238. The summed E-state index contributed by atoms with van der Waals surface area (Å²) in [6.45, 7) is 7.20. The van der Waals surface area contributed by atoms with Gasteiger partial charge in [0.25, 0.3) is 0 Å². The zero-order chi connectivity index (χ0) is 7.72. The molecule has 2 heteroatoms. The Morgan fingerprint density at radius 1 is 1.60 bits per heavy atom. The Balaban J connectivity index is 2.63. The fourth-order valence-electron chi connectivity index (χ4n) is 1.72. The van der Waals surface area contributed by atoms with Crippen molar-refractivity contribution in [1.29, 1.82) is 0 Å². The van der Waals surface area contributed by atoms with Gasteiger partial charge in [-0.3, -0.25) is 4.79 Å². The molecule has 0 aromatic heterocycles. The second kappa shape index (κ2) is 2.60. The van der Waals surface area contributed by atoms with Gasteiger partial charge in [0, 0.05) is 12.5 Å². The molecule has 0 aliphatic carbocycles. The quantitative estimate of drug-likeness (QED) is 0.580. The first kappa shape index (κ1) is 7.58. The van der Waals surface area contributed by atoms with Crippen LogP contribution in [-0.2, 0) is 4.79 Å². The molecule has 1 rings (SSSR count). The predicted octanol–water partition coefficient (Wildman–Crippen LogP) is 1.02. The van der Waals surface area contributed by atoms with Crippen LogP contribution in [0.25, 0.3) is 0 Å². The van der Waals surface area contributed by atoms with Crippen molar-refractivity contribution < 1.29 is 4.79 Å². The molecule has 2 atom stereocenters. The maximum atomic E-state index is 11.1. The second-order valence-corrected chi connectivity index (χ2v) is 3.49. The van der Waals surface area contributed by atoms with Gasteiger partial charge in [0.1, 0.15) is 0 Å². The van der Waals surface area contributed by atoms with Gasteiger partial charge in [0.05, 0.1) is 0 Å². The normalized spacial score (nSPS) is 33.0. The van der Waals surface area contributed by atoms with Crippen molar-refractivity contribution in [3.05, 3.63) is 0 Å². The number of amides is 1. The average molecular weight is 141 g/mol. The van der Waals surface area contributed by atoms with Crippen molar-refractivity contribution in [3.63, 3.8) is 0 Å². The Labute approximate surface area is 62.0 Å². The second-order valence-electron chi connectivity index (χ2n) is 3.49. The first-order chi connectivity index (χ1) is 4.63. The summed E-state index contributed by atoms with van der Waals surface area (Å²) in [5.74, 6) is 1.49. The molecule has 0 saturated carbocycles. The lowest BCUT2D eigenvalue weighted by atomic mass is 9.87. The summed E-state index contributed by atoms with van der Waals surface area (Å²) in [5, 5.41) is 2.86. The standard InChI is InChI=1S/C8H15NO/c1-5(2)7-6(3)4-9-8(7)10/h5-7H,4H2,1-3H3,(H,9,10). The number of nitrogens with one attached hydrogen (secondary N) is 1. The summed E-state index contributed by atoms with van der Waals surface area (Å²) < 4.78 is 0. The molecule has 1 N–H and O–H groups in total. The smallest absolute Gasteiger partial charge is 0.223 e. The Morgan fingerprint density at radius 3 is 2.40 bits per heavy atom. The zero-order valence-corrected chi connectivity index (χ0v) is 6.85. The third kappa shape index (κ3) is 1.15. The number of carbonyl (C=O) groups is 1.